The molecule has 1 aliphatic carbocycles. The summed E-state index contributed by atoms with van der Waals surface area (Å²) in [6, 6.07) is 10.6. The van der Waals surface area contributed by atoms with Crippen LogP contribution in [0.15, 0.2) is 30.3 Å². The fourth-order valence-electron chi connectivity index (χ4n) is 2.68. The van der Waals surface area contributed by atoms with Crippen LogP contribution in [0.1, 0.15) is 24.8 Å². The predicted molar refractivity (Wildman–Crippen MR) is 85.0 cm³/mol. The van der Waals surface area contributed by atoms with Crippen molar-refractivity contribution < 1.29 is 9.47 Å². The van der Waals surface area contributed by atoms with Crippen molar-refractivity contribution in [1.82, 2.24) is 4.72 Å². The highest BCUT2D eigenvalue weighted by Gasteiger charge is 2.30. The molecule has 2 rings (SSSR count). The van der Waals surface area contributed by atoms with Crippen LogP contribution in [0.5, 0.6) is 0 Å². The molecule has 0 aliphatic heterocycles. The summed E-state index contributed by atoms with van der Waals surface area (Å²) in [7, 11) is 3.62. The number of benzene rings is 1. The summed E-state index contributed by atoms with van der Waals surface area (Å²) < 4.78 is 14.6. The fourth-order valence-corrected chi connectivity index (χ4v) is 3.82. The molecule has 0 spiro atoms. The maximum absolute atomic E-state index is 5.60. The van der Waals surface area contributed by atoms with E-state index in [1.54, 1.807) is 0 Å². The topological polar surface area (TPSA) is 30.5 Å². The summed E-state index contributed by atoms with van der Waals surface area (Å²) in [5.74, 6) is 0. The van der Waals surface area contributed by atoms with Crippen LogP contribution in [-0.2, 0) is 15.9 Å². The van der Waals surface area contributed by atoms with Gasteiger partial charge in [0.15, 0.2) is 0 Å². The Kier molecular flexibility index (Phi) is 6.87. The van der Waals surface area contributed by atoms with Gasteiger partial charge in [0.2, 0.25) is 0 Å². The second-order valence-electron chi connectivity index (χ2n) is 5.23. The van der Waals surface area contributed by atoms with Gasteiger partial charge in [0.1, 0.15) is 0 Å². The molecule has 1 saturated carbocycles. The van der Waals surface area contributed by atoms with Crippen LogP contribution >= 0.6 is 11.9 Å². The van der Waals surface area contributed by atoms with E-state index in [4.69, 9.17) is 9.47 Å². The lowest BCUT2D eigenvalue weighted by atomic mass is 9.94. The molecule has 1 aromatic carbocycles. The van der Waals surface area contributed by atoms with Gasteiger partial charge in [0.25, 0.3) is 0 Å². The van der Waals surface area contributed by atoms with Gasteiger partial charge >= 0.3 is 0 Å². The predicted octanol–water partition coefficient (Wildman–Crippen LogP) is 3.05. The summed E-state index contributed by atoms with van der Waals surface area (Å²) in [5.41, 5.74) is 1.38. The zero-order valence-corrected chi connectivity index (χ0v) is 13.2. The van der Waals surface area contributed by atoms with E-state index in [0.717, 1.165) is 32.2 Å². The maximum atomic E-state index is 5.60. The van der Waals surface area contributed by atoms with Crippen molar-refractivity contribution >= 4 is 11.9 Å². The van der Waals surface area contributed by atoms with Gasteiger partial charge < -0.3 is 9.47 Å². The molecule has 0 bridgehead atoms. The summed E-state index contributed by atoms with van der Waals surface area (Å²) in [6.45, 7) is 0.985. The van der Waals surface area contributed by atoms with Crippen LogP contribution < -0.4 is 4.72 Å². The summed E-state index contributed by atoms with van der Waals surface area (Å²) in [4.78, 5) is 0. The van der Waals surface area contributed by atoms with Crippen LogP contribution in [0, 0.1) is 0 Å². The largest absolute Gasteiger partial charge is 0.381 e. The Morgan fingerprint density at radius 2 is 1.95 bits per heavy atom. The Balaban J connectivity index is 1.71. The van der Waals surface area contributed by atoms with Crippen molar-refractivity contribution in [3.63, 3.8) is 0 Å². The fraction of sp³-hybridized carbons (Fsp3) is 0.625. The first-order valence-corrected chi connectivity index (χ1v) is 8.19. The lowest BCUT2D eigenvalue weighted by molar-refractivity contribution is 0.00898. The zero-order chi connectivity index (χ0) is 14.2. The minimum absolute atomic E-state index is 0.343. The highest BCUT2D eigenvalue weighted by molar-refractivity contribution is 7.98. The maximum Gasteiger partial charge on any atom is 0.0704 e. The molecule has 0 amide bonds. The Labute approximate surface area is 126 Å². The summed E-state index contributed by atoms with van der Waals surface area (Å²) >= 11 is 1.81. The molecule has 0 aromatic heterocycles. The number of hydrogen-bond donors (Lipinski definition) is 1. The minimum Gasteiger partial charge on any atom is -0.381 e. The highest BCUT2D eigenvalue weighted by Crippen LogP contribution is 2.30. The third-order valence-corrected chi connectivity index (χ3v) is 5.08. The van der Waals surface area contributed by atoms with Crippen LogP contribution in [0.2, 0.25) is 0 Å². The van der Waals surface area contributed by atoms with Gasteiger partial charge in [-0.15, -0.1) is 0 Å². The van der Waals surface area contributed by atoms with Gasteiger partial charge in [-0.2, -0.15) is 0 Å². The molecule has 3 unspecified atom stereocenters. The van der Waals surface area contributed by atoms with E-state index in [-0.39, 0.29) is 0 Å². The summed E-state index contributed by atoms with van der Waals surface area (Å²) in [5, 5.41) is 0.481. The van der Waals surface area contributed by atoms with Gasteiger partial charge in [-0.05, 0) is 31.2 Å². The van der Waals surface area contributed by atoms with Gasteiger partial charge in [-0.1, -0.05) is 42.3 Å². The molecular weight excluding hydrogens is 270 g/mol. The molecule has 1 fully saturated rings. The molecule has 3 nitrogen and oxygen atoms in total. The van der Waals surface area contributed by atoms with Gasteiger partial charge in [0.05, 0.1) is 12.2 Å². The standard InChI is InChI=1S/C16H25NO2S/c1-18-14-8-9-15(19-2)16(12-14)20-17-11-10-13-6-4-3-5-7-13/h3-7,14-17H,8-12H2,1-2H3. The monoisotopic (exact) mass is 295 g/mol. The van der Waals surface area contributed by atoms with Crippen LogP contribution in [0.25, 0.3) is 0 Å². The third kappa shape index (κ3) is 4.77. The second-order valence-corrected chi connectivity index (χ2v) is 6.36. The van der Waals surface area contributed by atoms with Gasteiger partial charge in [-0.25, -0.2) is 0 Å². The van der Waals surface area contributed by atoms with Crippen molar-refractivity contribution in [3.8, 4) is 0 Å². The zero-order valence-electron chi connectivity index (χ0n) is 12.4. The number of methoxy groups -OCH3 is 2. The molecule has 1 aliphatic rings. The molecule has 0 radical (unpaired) electrons. The first-order valence-electron chi connectivity index (χ1n) is 7.31. The molecule has 112 valence electrons. The Morgan fingerprint density at radius 3 is 2.65 bits per heavy atom. The van der Waals surface area contributed by atoms with E-state index in [2.05, 4.69) is 35.1 Å². The van der Waals surface area contributed by atoms with Crippen LogP contribution in [-0.4, -0.2) is 38.2 Å². The lowest BCUT2D eigenvalue weighted by Crippen LogP contribution is -2.37. The third-order valence-electron chi connectivity index (χ3n) is 3.91. The number of rotatable bonds is 7. The van der Waals surface area contributed by atoms with Crippen molar-refractivity contribution in [2.45, 2.75) is 43.1 Å². The normalized spacial score (nSPS) is 26.6. The SMILES string of the molecule is COC1CCC(OC)C(SNCCc2ccccc2)C1. The molecule has 4 heteroatoms. The Bertz CT molecular complexity index is 374. The number of nitrogens with one attached hydrogen (secondary N) is 1. The number of hydrogen-bond acceptors (Lipinski definition) is 4. The average molecular weight is 295 g/mol. The molecule has 1 N–H and O–H groups in total. The molecule has 3 atom stereocenters. The molecular formula is C16H25NO2S. The van der Waals surface area contributed by atoms with Crippen LogP contribution in [0.4, 0.5) is 0 Å². The van der Waals surface area contributed by atoms with E-state index in [1.807, 2.05) is 26.2 Å². The lowest BCUT2D eigenvalue weighted by Gasteiger charge is -2.34. The smallest absolute Gasteiger partial charge is 0.0704 e. The van der Waals surface area contributed by atoms with Gasteiger partial charge in [0, 0.05) is 26.0 Å². The molecule has 0 saturated heterocycles. The first kappa shape index (κ1) is 15.8. The quantitative estimate of drug-likeness (QED) is 0.619. The Hall–Kier alpha value is -0.550. The van der Waals surface area contributed by atoms with E-state index in [0.29, 0.717) is 17.5 Å². The van der Waals surface area contributed by atoms with Crippen molar-refractivity contribution in [1.29, 1.82) is 0 Å². The molecule has 1 aromatic rings. The molecule has 0 heterocycles. The van der Waals surface area contributed by atoms with Crippen molar-refractivity contribution in [2.75, 3.05) is 20.8 Å². The second kappa shape index (κ2) is 8.67. The van der Waals surface area contributed by atoms with Crippen molar-refractivity contribution in [3.05, 3.63) is 35.9 Å². The van der Waals surface area contributed by atoms with E-state index in [9.17, 15) is 0 Å². The Morgan fingerprint density at radius 1 is 1.15 bits per heavy atom. The van der Waals surface area contributed by atoms with Gasteiger partial charge in [-0.3, -0.25) is 4.72 Å². The summed E-state index contributed by atoms with van der Waals surface area (Å²) in [6.07, 6.45) is 5.05. The number of ether oxygens (including phenoxy) is 2. The van der Waals surface area contributed by atoms with Crippen LogP contribution in [0.3, 0.4) is 0 Å². The van der Waals surface area contributed by atoms with E-state index < -0.39 is 0 Å². The minimum atomic E-state index is 0.343. The molecule has 20 heavy (non-hydrogen) atoms. The van der Waals surface area contributed by atoms with Crippen molar-refractivity contribution in [2.24, 2.45) is 0 Å². The highest BCUT2D eigenvalue weighted by atomic mass is 32.2. The first-order chi connectivity index (χ1) is 9.83. The average Bonchev–Trinajstić information content (AvgIpc) is 2.52. The van der Waals surface area contributed by atoms with E-state index >= 15 is 0 Å². The van der Waals surface area contributed by atoms with E-state index in [1.165, 1.54) is 5.56 Å².